The Morgan fingerprint density at radius 3 is 2.42 bits per heavy atom. The lowest BCUT2D eigenvalue weighted by molar-refractivity contribution is -0.127. The summed E-state index contributed by atoms with van der Waals surface area (Å²) in [5.41, 5.74) is 5.66. The van der Waals surface area contributed by atoms with Gasteiger partial charge in [0.15, 0.2) is 6.10 Å². The molecular weight excluding hydrogens is 343 g/mol. The summed E-state index contributed by atoms with van der Waals surface area (Å²) in [6.45, 7) is 1.42. The number of benzene rings is 2. The standard InChI is InChI=1S/C18H17FN2O5/c1-11(16(22)21-18(20)24)26-17(23)14-4-2-3-5-15(14)25-10-12-6-8-13(19)9-7-12/h2-9,11H,10H2,1H3,(H3,20,21,22,24)/t11-/m0/s1. The number of hydrogen-bond donors (Lipinski definition) is 2. The van der Waals surface area contributed by atoms with E-state index in [1.54, 1.807) is 30.3 Å². The van der Waals surface area contributed by atoms with Gasteiger partial charge in [-0.25, -0.2) is 14.0 Å². The quantitative estimate of drug-likeness (QED) is 0.768. The zero-order valence-corrected chi connectivity index (χ0v) is 13.9. The normalized spacial score (nSPS) is 11.3. The fourth-order valence-electron chi connectivity index (χ4n) is 2.00. The molecule has 0 aliphatic heterocycles. The van der Waals surface area contributed by atoms with Crippen LogP contribution in [0, 0.1) is 5.82 Å². The molecule has 3 N–H and O–H groups in total. The number of rotatable bonds is 6. The Kier molecular flexibility index (Phi) is 6.26. The van der Waals surface area contributed by atoms with E-state index in [2.05, 4.69) is 0 Å². The van der Waals surface area contributed by atoms with Crippen LogP contribution in [0.5, 0.6) is 5.75 Å². The number of urea groups is 1. The summed E-state index contributed by atoms with van der Waals surface area (Å²) in [5.74, 6) is -1.76. The number of carbonyl (C=O) groups excluding carboxylic acids is 3. The van der Waals surface area contributed by atoms with Crippen LogP contribution in [0.25, 0.3) is 0 Å². The topological polar surface area (TPSA) is 108 Å². The van der Waals surface area contributed by atoms with Crippen LogP contribution in [0.2, 0.25) is 0 Å². The number of nitrogens with one attached hydrogen (secondary N) is 1. The number of esters is 1. The second kappa shape index (κ2) is 8.61. The predicted octanol–water partition coefficient (Wildman–Crippen LogP) is 2.14. The van der Waals surface area contributed by atoms with Crippen molar-refractivity contribution in [2.24, 2.45) is 5.73 Å². The van der Waals surface area contributed by atoms with Crippen LogP contribution < -0.4 is 15.8 Å². The minimum Gasteiger partial charge on any atom is -0.488 e. The maximum absolute atomic E-state index is 12.9. The molecular formula is C18H17FN2O5. The van der Waals surface area contributed by atoms with Crippen LogP contribution in [0.15, 0.2) is 48.5 Å². The maximum atomic E-state index is 12.9. The highest BCUT2D eigenvalue weighted by Gasteiger charge is 2.22. The van der Waals surface area contributed by atoms with Gasteiger partial charge in [0.1, 0.15) is 23.7 Å². The van der Waals surface area contributed by atoms with Crippen LogP contribution in [0.4, 0.5) is 9.18 Å². The first-order valence-corrected chi connectivity index (χ1v) is 7.64. The highest BCUT2D eigenvalue weighted by atomic mass is 19.1. The Hall–Kier alpha value is -3.42. The van der Waals surface area contributed by atoms with Gasteiger partial charge in [-0.1, -0.05) is 24.3 Å². The van der Waals surface area contributed by atoms with Gasteiger partial charge in [-0.2, -0.15) is 0 Å². The van der Waals surface area contributed by atoms with Crippen molar-refractivity contribution in [1.82, 2.24) is 5.32 Å². The van der Waals surface area contributed by atoms with E-state index < -0.39 is 24.0 Å². The summed E-state index contributed by atoms with van der Waals surface area (Å²) in [4.78, 5) is 34.5. The third kappa shape index (κ3) is 5.30. The fourth-order valence-corrected chi connectivity index (χ4v) is 2.00. The first-order chi connectivity index (χ1) is 12.4. The number of para-hydroxylation sites is 1. The summed E-state index contributed by atoms with van der Waals surface area (Å²) < 4.78 is 23.5. The monoisotopic (exact) mass is 360 g/mol. The third-order valence-corrected chi connectivity index (χ3v) is 3.31. The van der Waals surface area contributed by atoms with Crippen LogP contribution >= 0.6 is 0 Å². The minimum absolute atomic E-state index is 0.105. The van der Waals surface area contributed by atoms with Crippen molar-refractivity contribution in [2.75, 3.05) is 0 Å². The molecule has 0 aliphatic rings. The van der Waals surface area contributed by atoms with E-state index in [1.807, 2.05) is 5.32 Å². The summed E-state index contributed by atoms with van der Waals surface area (Å²) in [6.07, 6.45) is -1.22. The molecule has 0 aromatic heterocycles. The average molecular weight is 360 g/mol. The first-order valence-electron chi connectivity index (χ1n) is 7.64. The summed E-state index contributed by atoms with van der Waals surface area (Å²) in [5, 5.41) is 1.83. The van der Waals surface area contributed by atoms with Crippen molar-refractivity contribution in [3.8, 4) is 5.75 Å². The Bertz CT molecular complexity index is 807. The van der Waals surface area contributed by atoms with Crippen molar-refractivity contribution in [3.05, 3.63) is 65.5 Å². The molecule has 8 heteroatoms. The van der Waals surface area contributed by atoms with E-state index in [4.69, 9.17) is 15.2 Å². The number of halogens is 1. The van der Waals surface area contributed by atoms with Gasteiger partial charge in [0, 0.05) is 0 Å². The minimum atomic E-state index is -1.22. The van der Waals surface area contributed by atoms with E-state index in [0.717, 1.165) is 0 Å². The second-order valence-electron chi connectivity index (χ2n) is 5.31. The van der Waals surface area contributed by atoms with E-state index in [9.17, 15) is 18.8 Å². The van der Waals surface area contributed by atoms with Gasteiger partial charge in [0.25, 0.3) is 5.91 Å². The molecule has 0 aliphatic carbocycles. The van der Waals surface area contributed by atoms with Crippen molar-refractivity contribution in [3.63, 3.8) is 0 Å². The summed E-state index contributed by atoms with van der Waals surface area (Å²) >= 11 is 0. The first kappa shape index (κ1) is 18.9. The van der Waals surface area contributed by atoms with Gasteiger partial charge in [0.05, 0.1) is 0 Å². The highest BCUT2D eigenvalue weighted by molar-refractivity contribution is 5.98. The molecule has 0 radical (unpaired) electrons. The molecule has 2 rings (SSSR count). The SMILES string of the molecule is C[C@H](OC(=O)c1ccccc1OCc1ccc(F)cc1)C(=O)NC(N)=O. The predicted molar refractivity (Wildman–Crippen MR) is 89.8 cm³/mol. The van der Waals surface area contributed by atoms with Crippen molar-refractivity contribution in [2.45, 2.75) is 19.6 Å². The summed E-state index contributed by atoms with van der Waals surface area (Å²) in [6, 6.07) is 11.0. The molecule has 7 nitrogen and oxygen atoms in total. The Balaban J connectivity index is 2.05. The van der Waals surface area contributed by atoms with Crippen molar-refractivity contribution in [1.29, 1.82) is 0 Å². The Morgan fingerprint density at radius 2 is 1.77 bits per heavy atom. The molecule has 136 valence electrons. The van der Waals surface area contributed by atoms with E-state index in [0.29, 0.717) is 5.56 Å². The molecule has 1 atom stereocenters. The molecule has 0 saturated carbocycles. The van der Waals surface area contributed by atoms with Gasteiger partial charge >= 0.3 is 12.0 Å². The van der Waals surface area contributed by atoms with Crippen molar-refractivity contribution >= 4 is 17.9 Å². The van der Waals surface area contributed by atoms with Gasteiger partial charge in [0.2, 0.25) is 0 Å². The lowest BCUT2D eigenvalue weighted by Crippen LogP contribution is -2.42. The number of ether oxygens (including phenoxy) is 2. The number of nitrogens with two attached hydrogens (primary N) is 1. The lowest BCUT2D eigenvalue weighted by atomic mass is 10.2. The number of primary amides is 1. The molecule has 0 bridgehead atoms. The number of hydrogen-bond acceptors (Lipinski definition) is 5. The average Bonchev–Trinajstić information content (AvgIpc) is 2.60. The number of amides is 3. The zero-order valence-electron chi connectivity index (χ0n) is 13.9. The lowest BCUT2D eigenvalue weighted by Gasteiger charge is -2.14. The van der Waals surface area contributed by atoms with Crippen LogP contribution in [-0.4, -0.2) is 24.0 Å². The molecule has 0 fully saturated rings. The molecule has 2 aromatic carbocycles. The molecule has 26 heavy (non-hydrogen) atoms. The largest absolute Gasteiger partial charge is 0.488 e. The van der Waals surface area contributed by atoms with E-state index >= 15 is 0 Å². The van der Waals surface area contributed by atoms with Crippen LogP contribution in [0.1, 0.15) is 22.8 Å². The third-order valence-electron chi connectivity index (χ3n) is 3.31. The summed E-state index contributed by atoms with van der Waals surface area (Å²) in [7, 11) is 0. The molecule has 0 saturated heterocycles. The van der Waals surface area contributed by atoms with Crippen molar-refractivity contribution < 1.29 is 28.2 Å². The number of carbonyl (C=O) groups is 3. The Morgan fingerprint density at radius 1 is 1.12 bits per heavy atom. The zero-order chi connectivity index (χ0) is 19.1. The van der Waals surface area contributed by atoms with Crippen LogP contribution in [0.3, 0.4) is 0 Å². The van der Waals surface area contributed by atoms with E-state index in [-0.39, 0.29) is 23.7 Å². The molecule has 0 heterocycles. The number of imide groups is 1. The molecule has 2 aromatic rings. The van der Waals surface area contributed by atoms with Gasteiger partial charge in [-0.05, 0) is 36.8 Å². The van der Waals surface area contributed by atoms with Crippen LogP contribution in [-0.2, 0) is 16.1 Å². The Labute approximate surface area is 148 Å². The van der Waals surface area contributed by atoms with Gasteiger partial charge in [-0.3, -0.25) is 10.1 Å². The van der Waals surface area contributed by atoms with E-state index in [1.165, 1.54) is 25.1 Å². The molecule has 0 unspecified atom stereocenters. The smallest absolute Gasteiger partial charge is 0.342 e. The fraction of sp³-hybridized carbons (Fsp3) is 0.167. The highest BCUT2D eigenvalue weighted by Crippen LogP contribution is 2.21. The van der Waals surface area contributed by atoms with Gasteiger partial charge in [-0.15, -0.1) is 0 Å². The second-order valence-corrected chi connectivity index (χ2v) is 5.31. The van der Waals surface area contributed by atoms with Gasteiger partial charge < -0.3 is 15.2 Å². The maximum Gasteiger partial charge on any atom is 0.342 e. The molecule has 0 spiro atoms. The molecule has 3 amide bonds.